The van der Waals surface area contributed by atoms with Crippen LogP contribution in [0, 0.1) is 0 Å². The topological polar surface area (TPSA) is 54.5 Å². The molecular formula is C11H7ClN4. The molecule has 0 amide bonds. The van der Waals surface area contributed by atoms with Gasteiger partial charge in [0.15, 0.2) is 5.65 Å². The van der Waals surface area contributed by atoms with E-state index in [0.717, 1.165) is 16.6 Å². The number of nitrogens with zero attached hydrogens (tertiary/aromatic N) is 3. The average molecular weight is 231 g/mol. The van der Waals surface area contributed by atoms with E-state index >= 15 is 0 Å². The molecule has 16 heavy (non-hydrogen) atoms. The van der Waals surface area contributed by atoms with Crippen LogP contribution >= 0.6 is 11.6 Å². The Balaban J connectivity index is 2.31. The number of H-pyrrole nitrogens is 1. The number of rotatable bonds is 1. The molecule has 5 heteroatoms. The third kappa shape index (κ3) is 1.35. The summed E-state index contributed by atoms with van der Waals surface area (Å²) in [4.78, 5) is 8.05. The minimum Gasteiger partial charge on any atom is -0.275 e. The van der Waals surface area contributed by atoms with E-state index < -0.39 is 0 Å². The van der Waals surface area contributed by atoms with Crippen molar-refractivity contribution < 1.29 is 0 Å². The van der Waals surface area contributed by atoms with Crippen LogP contribution in [-0.2, 0) is 0 Å². The Morgan fingerprint density at radius 1 is 1.19 bits per heavy atom. The maximum absolute atomic E-state index is 6.13. The van der Waals surface area contributed by atoms with Gasteiger partial charge in [0.1, 0.15) is 6.33 Å². The third-order valence-corrected chi connectivity index (χ3v) is 2.71. The van der Waals surface area contributed by atoms with Gasteiger partial charge in [-0.05, 0) is 6.07 Å². The molecule has 0 aliphatic heterocycles. The predicted octanol–water partition coefficient (Wildman–Crippen LogP) is 2.67. The van der Waals surface area contributed by atoms with Crippen LogP contribution < -0.4 is 0 Å². The number of benzene rings is 1. The largest absolute Gasteiger partial charge is 0.275 e. The fourth-order valence-corrected chi connectivity index (χ4v) is 1.86. The zero-order chi connectivity index (χ0) is 11.0. The molecule has 3 rings (SSSR count). The highest BCUT2D eigenvalue weighted by molar-refractivity contribution is 6.33. The summed E-state index contributed by atoms with van der Waals surface area (Å²) in [5.41, 5.74) is 2.40. The summed E-state index contributed by atoms with van der Waals surface area (Å²) < 4.78 is 0. The molecule has 0 spiro atoms. The van der Waals surface area contributed by atoms with Crippen LogP contribution in [0.5, 0.6) is 0 Å². The Bertz CT molecular complexity index is 647. The van der Waals surface area contributed by atoms with E-state index in [9.17, 15) is 0 Å². The highest BCUT2D eigenvalue weighted by Gasteiger charge is 2.10. The average Bonchev–Trinajstić information content (AvgIpc) is 2.74. The molecule has 0 bridgehead atoms. The molecule has 1 aromatic carbocycles. The van der Waals surface area contributed by atoms with Crippen molar-refractivity contribution in [2.75, 3.05) is 0 Å². The van der Waals surface area contributed by atoms with Gasteiger partial charge in [-0.15, -0.1) is 0 Å². The van der Waals surface area contributed by atoms with Gasteiger partial charge in [0.2, 0.25) is 0 Å². The zero-order valence-corrected chi connectivity index (χ0v) is 8.94. The van der Waals surface area contributed by atoms with Gasteiger partial charge in [-0.1, -0.05) is 29.8 Å². The Morgan fingerprint density at radius 2 is 2.06 bits per heavy atom. The van der Waals surface area contributed by atoms with E-state index in [1.54, 1.807) is 6.20 Å². The number of hydrogen-bond donors (Lipinski definition) is 1. The molecule has 0 saturated heterocycles. The fraction of sp³-hybridized carbons (Fsp3) is 0. The summed E-state index contributed by atoms with van der Waals surface area (Å²) in [6.07, 6.45) is 3.20. The van der Waals surface area contributed by atoms with Crippen molar-refractivity contribution in [1.29, 1.82) is 0 Å². The Morgan fingerprint density at radius 3 is 2.94 bits per heavy atom. The summed E-state index contributed by atoms with van der Waals surface area (Å²) in [6, 6.07) is 7.59. The molecule has 1 N–H and O–H groups in total. The third-order valence-electron chi connectivity index (χ3n) is 2.38. The number of aromatic amines is 1. The molecule has 2 heterocycles. The number of nitrogens with one attached hydrogen (secondary N) is 1. The SMILES string of the molecule is Clc1ccccc1-c1[nH]nc2ncncc12. The van der Waals surface area contributed by atoms with Crippen molar-refractivity contribution in [1.82, 2.24) is 20.2 Å². The highest BCUT2D eigenvalue weighted by atomic mass is 35.5. The molecule has 0 saturated carbocycles. The second kappa shape index (κ2) is 3.57. The van der Waals surface area contributed by atoms with Gasteiger partial charge in [-0.2, -0.15) is 5.10 Å². The molecule has 0 atom stereocenters. The first-order valence-corrected chi connectivity index (χ1v) is 5.13. The Labute approximate surface area is 96.3 Å². The maximum Gasteiger partial charge on any atom is 0.184 e. The standard InChI is InChI=1S/C11H7ClN4/c12-9-4-2-1-3-7(9)10-8-5-13-6-14-11(8)16-15-10/h1-6H,(H,13,14,15,16). The van der Waals surface area contributed by atoms with E-state index in [0.29, 0.717) is 10.7 Å². The molecule has 4 nitrogen and oxygen atoms in total. The van der Waals surface area contributed by atoms with Crippen LogP contribution in [0.15, 0.2) is 36.8 Å². The van der Waals surface area contributed by atoms with E-state index in [2.05, 4.69) is 20.2 Å². The van der Waals surface area contributed by atoms with Gasteiger partial charge < -0.3 is 0 Å². The number of fused-ring (bicyclic) bond motifs is 1. The summed E-state index contributed by atoms with van der Waals surface area (Å²) in [6.45, 7) is 0. The van der Waals surface area contributed by atoms with Gasteiger partial charge in [-0.3, -0.25) is 5.10 Å². The lowest BCUT2D eigenvalue weighted by atomic mass is 10.1. The lowest BCUT2D eigenvalue weighted by molar-refractivity contribution is 1.09. The quantitative estimate of drug-likeness (QED) is 0.699. The van der Waals surface area contributed by atoms with Crippen molar-refractivity contribution in [3.8, 4) is 11.3 Å². The van der Waals surface area contributed by atoms with Crippen LogP contribution in [0.3, 0.4) is 0 Å². The minimum atomic E-state index is 0.643. The zero-order valence-electron chi connectivity index (χ0n) is 8.18. The van der Waals surface area contributed by atoms with Crippen molar-refractivity contribution in [3.63, 3.8) is 0 Å². The molecule has 3 aromatic rings. The Hall–Kier alpha value is -1.94. The van der Waals surface area contributed by atoms with Gasteiger partial charge in [-0.25, -0.2) is 9.97 Å². The first-order valence-electron chi connectivity index (χ1n) is 4.75. The molecule has 0 unspecified atom stereocenters. The molecular weight excluding hydrogens is 224 g/mol. The van der Waals surface area contributed by atoms with Gasteiger partial charge in [0.25, 0.3) is 0 Å². The minimum absolute atomic E-state index is 0.643. The summed E-state index contributed by atoms with van der Waals surface area (Å²) in [7, 11) is 0. The highest BCUT2D eigenvalue weighted by Crippen LogP contribution is 2.30. The van der Waals surface area contributed by atoms with Gasteiger partial charge >= 0.3 is 0 Å². The molecule has 0 aliphatic carbocycles. The van der Waals surface area contributed by atoms with E-state index in [-0.39, 0.29) is 0 Å². The van der Waals surface area contributed by atoms with E-state index in [1.807, 2.05) is 24.3 Å². The van der Waals surface area contributed by atoms with Crippen LogP contribution in [0.2, 0.25) is 5.02 Å². The van der Waals surface area contributed by atoms with E-state index in [1.165, 1.54) is 6.33 Å². The summed E-state index contributed by atoms with van der Waals surface area (Å²) in [5, 5.41) is 8.58. The molecule has 0 radical (unpaired) electrons. The lowest BCUT2D eigenvalue weighted by Gasteiger charge is -2.00. The van der Waals surface area contributed by atoms with Crippen molar-refractivity contribution >= 4 is 22.6 Å². The number of halogens is 1. The predicted molar refractivity (Wildman–Crippen MR) is 62.1 cm³/mol. The number of hydrogen-bond acceptors (Lipinski definition) is 3. The second-order valence-electron chi connectivity index (χ2n) is 3.34. The van der Waals surface area contributed by atoms with E-state index in [4.69, 9.17) is 11.6 Å². The normalized spacial score (nSPS) is 10.8. The second-order valence-corrected chi connectivity index (χ2v) is 3.75. The molecule has 0 aliphatic rings. The van der Waals surface area contributed by atoms with Gasteiger partial charge in [0, 0.05) is 16.8 Å². The lowest BCUT2D eigenvalue weighted by Crippen LogP contribution is -1.81. The van der Waals surface area contributed by atoms with Crippen LogP contribution in [-0.4, -0.2) is 20.2 Å². The van der Waals surface area contributed by atoms with Gasteiger partial charge in [0.05, 0.1) is 11.1 Å². The molecule has 0 fully saturated rings. The smallest absolute Gasteiger partial charge is 0.184 e. The molecule has 2 aromatic heterocycles. The van der Waals surface area contributed by atoms with Crippen LogP contribution in [0.4, 0.5) is 0 Å². The van der Waals surface area contributed by atoms with Crippen molar-refractivity contribution in [2.24, 2.45) is 0 Å². The Kier molecular flexibility index (Phi) is 2.08. The molecule has 78 valence electrons. The van der Waals surface area contributed by atoms with Crippen molar-refractivity contribution in [3.05, 3.63) is 41.8 Å². The summed E-state index contributed by atoms with van der Waals surface area (Å²) >= 11 is 6.13. The monoisotopic (exact) mass is 230 g/mol. The van der Waals surface area contributed by atoms with Crippen molar-refractivity contribution in [2.45, 2.75) is 0 Å². The first-order chi connectivity index (χ1) is 7.86. The van der Waals surface area contributed by atoms with Crippen LogP contribution in [0.25, 0.3) is 22.3 Å². The maximum atomic E-state index is 6.13. The first kappa shape index (κ1) is 9.30. The number of aromatic nitrogens is 4. The van der Waals surface area contributed by atoms with Crippen LogP contribution in [0.1, 0.15) is 0 Å². The fourth-order valence-electron chi connectivity index (χ4n) is 1.63. The summed E-state index contributed by atoms with van der Waals surface area (Å²) in [5.74, 6) is 0.